The van der Waals surface area contributed by atoms with Crippen LogP contribution in [0.5, 0.6) is 0 Å². The maximum Gasteiger partial charge on any atom is 0.101 e. The Kier molecular flexibility index (Phi) is 10.9. The summed E-state index contributed by atoms with van der Waals surface area (Å²) in [6, 6.07) is 33.3. The van der Waals surface area contributed by atoms with Gasteiger partial charge in [-0.3, -0.25) is 0 Å². The van der Waals surface area contributed by atoms with E-state index in [1.165, 1.54) is 26.7 Å². The van der Waals surface area contributed by atoms with Gasteiger partial charge in [0.05, 0.1) is 0 Å². The van der Waals surface area contributed by atoms with Crippen molar-refractivity contribution in [3.05, 3.63) is 96.6 Å². The van der Waals surface area contributed by atoms with Crippen LogP contribution in [0.2, 0.25) is 6.55 Å². The monoisotopic (exact) mass is 481 g/mol. The molecule has 0 saturated heterocycles. The molecule has 0 fully saturated rings. The number of aryl methyl sites for hydroxylation is 1. The van der Waals surface area contributed by atoms with Crippen LogP contribution in [0.25, 0.3) is 10.8 Å². The zero-order valence-corrected chi connectivity index (χ0v) is 20.9. The molecular formula is C23H24Cl3SiTi-. The van der Waals surface area contributed by atoms with Gasteiger partial charge in [0, 0.05) is 21.7 Å². The average Bonchev–Trinajstić information content (AvgIpc) is 2.99. The second-order valence-corrected chi connectivity index (χ2v) is 10.6. The molecule has 0 amide bonds. The molecule has 146 valence electrons. The van der Waals surface area contributed by atoms with E-state index in [2.05, 4.69) is 104 Å². The Labute approximate surface area is 202 Å². The quantitative estimate of drug-likeness (QED) is 0.277. The van der Waals surface area contributed by atoms with Crippen LogP contribution in [0.4, 0.5) is 0 Å². The number of fused-ring (bicyclic) bond motifs is 1. The minimum atomic E-state index is -2.03. The third-order valence-corrected chi connectivity index (χ3v) is 9.84. The van der Waals surface area contributed by atoms with E-state index in [1.807, 2.05) is 0 Å². The standard InChI is InChI=1S/C23H21Si.3ClH.Ti/c1-18-17-19-11-9-10-16-22(19)23(18)24(2,20-12-5-3-6-13-20)21-14-7-4-8-15-21;;;;/h3-17H,1-2H3;3*1H;/q-1;;;;. The molecule has 5 heteroatoms. The van der Waals surface area contributed by atoms with Gasteiger partial charge < -0.3 is 0 Å². The summed E-state index contributed by atoms with van der Waals surface area (Å²) in [5, 5.41) is 7.26. The van der Waals surface area contributed by atoms with Crippen LogP contribution >= 0.6 is 37.2 Å². The summed E-state index contributed by atoms with van der Waals surface area (Å²) in [7, 11) is -2.03. The predicted octanol–water partition coefficient (Wildman–Crippen LogP) is 5.23. The van der Waals surface area contributed by atoms with Gasteiger partial charge in [-0.1, -0.05) is 90.6 Å². The molecule has 0 bridgehead atoms. The molecule has 28 heavy (non-hydrogen) atoms. The molecule has 0 spiro atoms. The first-order valence-electron chi connectivity index (χ1n) is 8.48. The summed E-state index contributed by atoms with van der Waals surface area (Å²) in [6.07, 6.45) is 0. The number of hydrogen-bond donors (Lipinski definition) is 0. The first-order chi connectivity index (χ1) is 11.7. The molecule has 0 heterocycles. The number of rotatable bonds is 3. The Hall–Kier alpha value is -0.929. The van der Waals surface area contributed by atoms with Crippen molar-refractivity contribution in [3.63, 3.8) is 0 Å². The van der Waals surface area contributed by atoms with Crippen molar-refractivity contribution < 1.29 is 21.7 Å². The number of halogens is 3. The number of benzene rings is 3. The van der Waals surface area contributed by atoms with E-state index < -0.39 is 8.07 Å². The van der Waals surface area contributed by atoms with Gasteiger partial charge in [0.15, 0.2) is 0 Å². The molecular weight excluding hydrogens is 459 g/mol. The molecule has 0 N–H and O–H groups in total. The van der Waals surface area contributed by atoms with Crippen LogP contribution in [0.3, 0.4) is 0 Å². The van der Waals surface area contributed by atoms with E-state index in [9.17, 15) is 0 Å². The molecule has 4 aromatic carbocycles. The molecule has 0 nitrogen and oxygen atoms in total. The minimum Gasteiger partial charge on any atom is -0.165 e. The van der Waals surface area contributed by atoms with Crippen LogP contribution in [0, 0.1) is 6.92 Å². The van der Waals surface area contributed by atoms with Gasteiger partial charge in [0.1, 0.15) is 8.07 Å². The molecule has 0 radical (unpaired) electrons. The first-order valence-corrected chi connectivity index (χ1v) is 11.0. The molecule has 4 rings (SSSR count). The van der Waals surface area contributed by atoms with Crippen LogP contribution < -0.4 is 15.6 Å². The third kappa shape index (κ3) is 4.62. The summed E-state index contributed by atoms with van der Waals surface area (Å²) < 4.78 is 0. The Morgan fingerprint density at radius 3 is 1.57 bits per heavy atom. The van der Waals surface area contributed by atoms with Crippen LogP contribution in [-0.4, -0.2) is 8.07 Å². The Balaban J connectivity index is 0.00000182. The van der Waals surface area contributed by atoms with Crippen molar-refractivity contribution >= 4 is 71.6 Å². The van der Waals surface area contributed by atoms with E-state index in [0.29, 0.717) is 0 Å². The largest absolute Gasteiger partial charge is 0.165 e. The molecule has 0 aliphatic heterocycles. The van der Waals surface area contributed by atoms with Gasteiger partial charge in [-0.15, -0.1) is 76.9 Å². The zero-order chi connectivity index (χ0) is 16.6. The van der Waals surface area contributed by atoms with E-state index in [0.717, 1.165) is 0 Å². The van der Waals surface area contributed by atoms with Crippen LogP contribution in [-0.2, 0) is 21.7 Å². The van der Waals surface area contributed by atoms with Crippen molar-refractivity contribution in [1.82, 2.24) is 0 Å². The van der Waals surface area contributed by atoms with Crippen molar-refractivity contribution in [2.75, 3.05) is 0 Å². The molecule has 0 aliphatic carbocycles. The molecule has 0 atom stereocenters. The Morgan fingerprint density at radius 2 is 1.07 bits per heavy atom. The third-order valence-electron chi connectivity index (χ3n) is 5.20. The summed E-state index contributed by atoms with van der Waals surface area (Å²) in [5.41, 5.74) is 1.41. The Morgan fingerprint density at radius 1 is 0.643 bits per heavy atom. The van der Waals surface area contributed by atoms with Crippen LogP contribution in [0.1, 0.15) is 5.56 Å². The van der Waals surface area contributed by atoms with E-state index in [-0.39, 0.29) is 58.9 Å². The van der Waals surface area contributed by atoms with Crippen molar-refractivity contribution in [1.29, 1.82) is 0 Å². The Bertz CT molecular complexity index is 945. The smallest absolute Gasteiger partial charge is 0.101 e. The second kappa shape index (κ2) is 11.3. The predicted molar refractivity (Wildman–Crippen MR) is 129 cm³/mol. The van der Waals surface area contributed by atoms with Gasteiger partial charge >= 0.3 is 0 Å². The van der Waals surface area contributed by atoms with E-state index in [4.69, 9.17) is 0 Å². The van der Waals surface area contributed by atoms with E-state index >= 15 is 0 Å². The van der Waals surface area contributed by atoms with Gasteiger partial charge in [-0.25, -0.2) is 0 Å². The fourth-order valence-electron chi connectivity index (χ4n) is 4.03. The molecule has 0 saturated carbocycles. The maximum atomic E-state index is 2.49. The normalized spacial score (nSPS) is 10.1. The van der Waals surface area contributed by atoms with Gasteiger partial charge in [0.2, 0.25) is 0 Å². The minimum absolute atomic E-state index is 0. The molecule has 0 unspecified atom stereocenters. The van der Waals surface area contributed by atoms with Gasteiger partial charge in [-0.05, 0) is 0 Å². The van der Waals surface area contributed by atoms with Gasteiger partial charge in [0.25, 0.3) is 0 Å². The fourth-order valence-corrected chi connectivity index (χ4v) is 8.29. The maximum absolute atomic E-state index is 2.49. The zero-order valence-electron chi connectivity index (χ0n) is 15.9. The molecule has 0 aliphatic rings. The molecule has 4 aromatic rings. The number of hydrogen-bond acceptors (Lipinski definition) is 0. The summed E-state index contributed by atoms with van der Waals surface area (Å²) in [4.78, 5) is 0. The summed E-state index contributed by atoms with van der Waals surface area (Å²) >= 11 is 0. The van der Waals surface area contributed by atoms with Crippen molar-refractivity contribution in [2.45, 2.75) is 13.5 Å². The average molecular weight is 483 g/mol. The summed E-state index contributed by atoms with van der Waals surface area (Å²) in [6.45, 7) is 4.76. The molecule has 0 aromatic heterocycles. The SMILES string of the molecule is Cc1cc2ccccc2[c-]1[Si](C)(c1ccccc1)c1ccccc1.Cl.Cl.Cl.[Ti]. The first kappa shape index (κ1) is 27.1. The van der Waals surface area contributed by atoms with E-state index in [1.54, 1.807) is 5.19 Å². The van der Waals surface area contributed by atoms with Crippen molar-refractivity contribution in [2.24, 2.45) is 0 Å². The fraction of sp³-hybridized carbons (Fsp3) is 0.0870. The summed E-state index contributed by atoms with van der Waals surface area (Å²) in [5.74, 6) is 0. The van der Waals surface area contributed by atoms with Crippen LogP contribution in [0.15, 0.2) is 91.0 Å². The van der Waals surface area contributed by atoms with Gasteiger partial charge in [-0.2, -0.15) is 6.07 Å². The topological polar surface area (TPSA) is 0 Å². The van der Waals surface area contributed by atoms with Crippen molar-refractivity contribution in [3.8, 4) is 0 Å². The second-order valence-electron chi connectivity index (χ2n) is 6.65.